The Morgan fingerprint density at radius 3 is 2.47 bits per heavy atom. The predicted octanol–water partition coefficient (Wildman–Crippen LogP) is 2.51. The van der Waals surface area contributed by atoms with Gasteiger partial charge in [0.2, 0.25) is 0 Å². The van der Waals surface area contributed by atoms with Crippen LogP contribution in [0.15, 0.2) is 24.3 Å². The van der Waals surface area contributed by atoms with Crippen LogP contribution in [0.3, 0.4) is 0 Å². The van der Waals surface area contributed by atoms with E-state index in [0.717, 1.165) is 6.42 Å². The Morgan fingerprint density at radius 2 is 1.94 bits per heavy atom. The fourth-order valence-corrected chi connectivity index (χ4v) is 1.23. The number of ether oxygens (including phenoxy) is 1. The maximum Gasteiger partial charge on any atom is 0.260 e. The molecule has 3 nitrogen and oxygen atoms in total. The van der Waals surface area contributed by atoms with Gasteiger partial charge in [0.15, 0.2) is 6.10 Å². The molecule has 0 aromatic heterocycles. The average molecular weight is 239 g/mol. The van der Waals surface area contributed by atoms with E-state index < -0.39 is 6.10 Å². The summed E-state index contributed by atoms with van der Waals surface area (Å²) >= 11 is 0. The second-order valence-electron chi connectivity index (χ2n) is 4.03. The summed E-state index contributed by atoms with van der Waals surface area (Å²) < 4.78 is 18.1. The van der Waals surface area contributed by atoms with Crippen LogP contribution in [-0.4, -0.2) is 18.1 Å². The van der Waals surface area contributed by atoms with Crippen LogP contribution >= 0.6 is 0 Å². The number of hydrogen-bond donors (Lipinski definition) is 1. The van der Waals surface area contributed by atoms with Gasteiger partial charge >= 0.3 is 0 Å². The van der Waals surface area contributed by atoms with Crippen molar-refractivity contribution in [3.8, 4) is 5.75 Å². The number of nitrogens with one attached hydrogen (secondary N) is 1. The van der Waals surface area contributed by atoms with Gasteiger partial charge in [-0.05, 0) is 44.5 Å². The highest BCUT2D eigenvalue weighted by molar-refractivity contribution is 5.80. The second-order valence-corrected chi connectivity index (χ2v) is 4.03. The van der Waals surface area contributed by atoms with E-state index in [-0.39, 0.29) is 17.8 Å². The number of benzene rings is 1. The zero-order chi connectivity index (χ0) is 12.8. The summed E-state index contributed by atoms with van der Waals surface area (Å²) in [7, 11) is 0. The van der Waals surface area contributed by atoms with E-state index in [1.165, 1.54) is 24.3 Å². The summed E-state index contributed by atoms with van der Waals surface area (Å²) in [6.45, 7) is 5.60. The molecule has 2 atom stereocenters. The van der Waals surface area contributed by atoms with Crippen LogP contribution in [0.5, 0.6) is 5.75 Å². The fraction of sp³-hybridized carbons (Fsp3) is 0.462. The Hall–Kier alpha value is -1.58. The second kappa shape index (κ2) is 6.23. The molecular weight excluding hydrogens is 221 g/mol. The topological polar surface area (TPSA) is 38.3 Å². The zero-order valence-electron chi connectivity index (χ0n) is 10.4. The molecule has 1 rings (SSSR count). The smallest absolute Gasteiger partial charge is 0.260 e. The highest BCUT2D eigenvalue weighted by Gasteiger charge is 2.15. The van der Waals surface area contributed by atoms with E-state index in [9.17, 15) is 9.18 Å². The van der Waals surface area contributed by atoms with E-state index in [2.05, 4.69) is 5.32 Å². The third-order valence-corrected chi connectivity index (χ3v) is 2.50. The van der Waals surface area contributed by atoms with Gasteiger partial charge in [0, 0.05) is 6.04 Å². The SMILES string of the molecule is CC[C@H](C)NC(=O)[C@H](C)Oc1ccc(F)cc1. The van der Waals surface area contributed by atoms with Crippen molar-refractivity contribution < 1.29 is 13.9 Å². The van der Waals surface area contributed by atoms with Gasteiger partial charge < -0.3 is 10.1 Å². The molecule has 1 N–H and O–H groups in total. The van der Waals surface area contributed by atoms with Gasteiger partial charge in [0.05, 0.1) is 0 Å². The lowest BCUT2D eigenvalue weighted by molar-refractivity contribution is -0.127. The zero-order valence-corrected chi connectivity index (χ0v) is 10.4. The number of carbonyl (C=O) groups excluding carboxylic acids is 1. The van der Waals surface area contributed by atoms with Gasteiger partial charge in [-0.1, -0.05) is 6.92 Å². The molecule has 94 valence electrons. The van der Waals surface area contributed by atoms with Crippen molar-refractivity contribution in [2.45, 2.75) is 39.3 Å². The van der Waals surface area contributed by atoms with Crippen LogP contribution in [0.25, 0.3) is 0 Å². The van der Waals surface area contributed by atoms with Crippen molar-refractivity contribution in [2.24, 2.45) is 0 Å². The molecule has 4 heteroatoms. The first-order valence-electron chi connectivity index (χ1n) is 5.75. The van der Waals surface area contributed by atoms with Gasteiger partial charge in [-0.3, -0.25) is 4.79 Å². The molecule has 0 spiro atoms. The average Bonchev–Trinajstić information content (AvgIpc) is 2.31. The molecule has 0 saturated heterocycles. The summed E-state index contributed by atoms with van der Waals surface area (Å²) in [5.74, 6) is -0.00376. The predicted molar refractivity (Wildman–Crippen MR) is 64.4 cm³/mol. The highest BCUT2D eigenvalue weighted by Crippen LogP contribution is 2.13. The van der Waals surface area contributed by atoms with Crippen LogP contribution in [0.2, 0.25) is 0 Å². The van der Waals surface area contributed by atoms with Gasteiger partial charge in [0.1, 0.15) is 11.6 Å². The third-order valence-electron chi connectivity index (χ3n) is 2.50. The third kappa shape index (κ3) is 4.43. The van der Waals surface area contributed by atoms with Gasteiger partial charge in [-0.15, -0.1) is 0 Å². The van der Waals surface area contributed by atoms with E-state index in [1.807, 2.05) is 13.8 Å². The number of amides is 1. The minimum Gasteiger partial charge on any atom is -0.481 e. The van der Waals surface area contributed by atoms with E-state index >= 15 is 0 Å². The maximum absolute atomic E-state index is 12.7. The maximum atomic E-state index is 12.7. The standard InChI is InChI=1S/C13H18FNO2/c1-4-9(2)15-13(16)10(3)17-12-7-5-11(14)6-8-12/h5-10H,4H2,1-3H3,(H,15,16)/t9-,10-/m0/s1. The van der Waals surface area contributed by atoms with Crippen LogP contribution in [-0.2, 0) is 4.79 Å². The summed E-state index contributed by atoms with van der Waals surface area (Å²) in [5.41, 5.74) is 0. The molecule has 1 aromatic carbocycles. The Morgan fingerprint density at radius 1 is 1.35 bits per heavy atom. The molecule has 0 aliphatic rings. The van der Waals surface area contributed by atoms with Gasteiger partial charge in [-0.2, -0.15) is 0 Å². The minimum atomic E-state index is -0.588. The molecule has 17 heavy (non-hydrogen) atoms. The Labute approximate surface area is 101 Å². The normalized spacial score (nSPS) is 13.9. The van der Waals surface area contributed by atoms with Crippen molar-refractivity contribution in [3.05, 3.63) is 30.1 Å². The lowest BCUT2D eigenvalue weighted by Crippen LogP contribution is -2.40. The Balaban J connectivity index is 2.51. The fourth-order valence-electron chi connectivity index (χ4n) is 1.23. The minimum absolute atomic E-state index is 0.127. The molecule has 0 heterocycles. The number of carbonyl (C=O) groups is 1. The molecule has 0 bridgehead atoms. The van der Waals surface area contributed by atoms with Crippen molar-refractivity contribution in [3.63, 3.8) is 0 Å². The summed E-state index contributed by atoms with van der Waals surface area (Å²) in [6.07, 6.45) is 0.282. The Bertz CT molecular complexity index is 364. The monoisotopic (exact) mass is 239 g/mol. The van der Waals surface area contributed by atoms with Crippen LogP contribution in [0, 0.1) is 5.82 Å². The summed E-state index contributed by atoms with van der Waals surface area (Å²) in [5, 5.41) is 2.82. The van der Waals surface area contributed by atoms with Crippen molar-refractivity contribution in [2.75, 3.05) is 0 Å². The van der Waals surface area contributed by atoms with Gasteiger partial charge in [-0.25, -0.2) is 4.39 Å². The number of hydrogen-bond acceptors (Lipinski definition) is 2. The molecule has 0 unspecified atom stereocenters. The van der Waals surface area contributed by atoms with Crippen molar-refractivity contribution in [1.82, 2.24) is 5.32 Å². The van der Waals surface area contributed by atoms with E-state index in [1.54, 1.807) is 6.92 Å². The van der Waals surface area contributed by atoms with Crippen molar-refractivity contribution >= 4 is 5.91 Å². The lowest BCUT2D eigenvalue weighted by atomic mass is 10.2. The lowest BCUT2D eigenvalue weighted by Gasteiger charge is -2.17. The molecule has 0 radical (unpaired) electrons. The number of halogens is 1. The molecule has 0 aliphatic heterocycles. The molecule has 0 saturated carbocycles. The Kier molecular flexibility index (Phi) is 4.94. The molecule has 0 aliphatic carbocycles. The first kappa shape index (κ1) is 13.5. The summed E-state index contributed by atoms with van der Waals surface area (Å²) in [6, 6.07) is 5.73. The number of rotatable bonds is 5. The van der Waals surface area contributed by atoms with E-state index in [0.29, 0.717) is 5.75 Å². The van der Waals surface area contributed by atoms with Crippen LogP contribution < -0.4 is 10.1 Å². The van der Waals surface area contributed by atoms with Crippen molar-refractivity contribution in [1.29, 1.82) is 0 Å². The first-order valence-corrected chi connectivity index (χ1v) is 5.75. The molecule has 0 fully saturated rings. The quantitative estimate of drug-likeness (QED) is 0.857. The molecule has 1 amide bonds. The first-order chi connectivity index (χ1) is 8.02. The highest BCUT2D eigenvalue weighted by atomic mass is 19.1. The molecular formula is C13H18FNO2. The van der Waals surface area contributed by atoms with E-state index in [4.69, 9.17) is 4.74 Å². The van der Waals surface area contributed by atoms with Crippen LogP contribution in [0.4, 0.5) is 4.39 Å². The van der Waals surface area contributed by atoms with Crippen LogP contribution in [0.1, 0.15) is 27.2 Å². The largest absolute Gasteiger partial charge is 0.481 e. The van der Waals surface area contributed by atoms with Gasteiger partial charge in [0.25, 0.3) is 5.91 Å². The molecule has 1 aromatic rings. The summed E-state index contributed by atoms with van der Waals surface area (Å²) in [4.78, 5) is 11.7.